The highest BCUT2D eigenvalue weighted by Gasteiger charge is 2.27. The van der Waals surface area contributed by atoms with Gasteiger partial charge in [-0.05, 0) is 30.0 Å². The van der Waals surface area contributed by atoms with Crippen LogP contribution in [0.2, 0.25) is 0 Å². The number of amides is 1. The van der Waals surface area contributed by atoms with E-state index in [-0.39, 0.29) is 11.8 Å². The second-order valence-corrected chi connectivity index (χ2v) is 5.48. The van der Waals surface area contributed by atoms with Gasteiger partial charge in [-0.3, -0.25) is 4.79 Å². The second kappa shape index (κ2) is 5.49. The molecule has 0 spiro atoms. The fourth-order valence-corrected chi connectivity index (χ4v) is 2.79. The number of carbonyl (C=O) groups is 1. The van der Waals surface area contributed by atoms with E-state index in [1.807, 2.05) is 36.1 Å². The zero-order valence-electron chi connectivity index (χ0n) is 11.8. The van der Waals surface area contributed by atoms with Crippen molar-refractivity contribution in [2.75, 3.05) is 4.90 Å². The number of fused-ring (bicyclic) bond motifs is 1. The molecule has 1 heterocycles. The fourth-order valence-electron chi connectivity index (χ4n) is 2.79. The summed E-state index contributed by atoms with van der Waals surface area (Å²) in [7, 11) is 0. The van der Waals surface area contributed by atoms with E-state index in [4.69, 9.17) is 0 Å². The van der Waals surface area contributed by atoms with Crippen molar-refractivity contribution >= 4 is 11.6 Å². The van der Waals surface area contributed by atoms with Crippen LogP contribution in [-0.2, 0) is 17.8 Å². The van der Waals surface area contributed by atoms with Crippen molar-refractivity contribution < 1.29 is 4.79 Å². The van der Waals surface area contributed by atoms with Gasteiger partial charge < -0.3 is 4.90 Å². The van der Waals surface area contributed by atoms with Crippen LogP contribution in [0.1, 0.15) is 24.5 Å². The molecule has 2 heteroatoms. The smallest absolute Gasteiger partial charge is 0.230 e. The van der Waals surface area contributed by atoms with E-state index in [1.54, 1.807) is 0 Å². The number of para-hydroxylation sites is 1. The molecule has 0 radical (unpaired) electrons. The molecule has 2 aromatic carbocycles. The van der Waals surface area contributed by atoms with Gasteiger partial charge in [0.25, 0.3) is 0 Å². The third-order valence-electron chi connectivity index (χ3n) is 4.00. The summed E-state index contributed by atoms with van der Waals surface area (Å²) < 4.78 is 0. The summed E-state index contributed by atoms with van der Waals surface area (Å²) >= 11 is 0. The van der Waals surface area contributed by atoms with E-state index in [1.165, 1.54) is 11.1 Å². The Hall–Kier alpha value is -2.09. The van der Waals surface area contributed by atoms with Crippen LogP contribution >= 0.6 is 0 Å². The predicted molar refractivity (Wildman–Crippen MR) is 81.6 cm³/mol. The van der Waals surface area contributed by atoms with E-state index >= 15 is 0 Å². The molecular formula is C18H19NO. The summed E-state index contributed by atoms with van der Waals surface area (Å²) in [4.78, 5) is 14.6. The molecule has 0 bridgehead atoms. The number of carbonyl (C=O) groups excluding carboxylic acids is 1. The second-order valence-electron chi connectivity index (χ2n) is 5.48. The molecule has 2 aromatic rings. The Kier molecular flexibility index (Phi) is 3.55. The summed E-state index contributed by atoms with van der Waals surface area (Å²) in [6.07, 6.45) is 1.91. The first-order valence-electron chi connectivity index (χ1n) is 7.19. The van der Waals surface area contributed by atoms with Gasteiger partial charge >= 0.3 is 0 Å². The van der Waals surface area contributed by atoms with Crippen LogP contribution in [0.15, 0.2) is 54.6 Å². The monoisotopic (exact) mass is 265 g/mol. The van der Waals surface area contributed by atoms with Crippen LogP contribution < -0.4 is 4.90 Å². The average molecular weight is 265 g/mol. The minimum absolute atomic E-state index is 0.0890. The lowest BCUT2D eigenvalue weighted by Crippen LogP contribution is -2.33. The third-order valence-corrected chi connectivity index (χ3v) is 4.00. The van der Waals surface area contributed by atoms with Gasteiger partial charge in [0.05, 0.1) is 6.54 Å². The average Bonchev–Trinajstić information content (AvgIpc) is 2.61. The van der Waals surface area contributed by atoms with E-state index in [0.29, 0.717) is 6.54 Å². The molecule has 0 N–H and O–H groups in total. The highest BCUT2D eigenvalue weighted by Crippen LogP contribution is 2.30. The maximum atomic E-state index is 12.6. The van der Waals surface area contributed by atoms with Gasteiger partial charge in [0.2, 0.25) is 5.91 Å². The number of aryl methyl sites for hydroxylation is 1. The van der Waals surface area contributed by atoms with Gasteiger partial charge in [0, 0.05) is 11.6 Å². The number of hydrogen-bond donors (Lipinski definition) is 0. The van der Waals surface area contributed by atoms with Crippen LogP contribution in [0.3, 0.4) is 0 Å². The van der Waals surface area contributed by atoms with Crippen molar-refractivity contribution in [3.05, 3.63) is 65.7 Å². The highest BCUT2D eigenvalue weighted by molar-refractivity contribution is 5.96. The lowest BCUT2D eigenvalue weighted by molar-refractivity contribution is -0.122. The van der Waals surface area contributed by atoms with Crippen LogP contribution in [0.5, 0.6) is 0 Å². The zero-order chi connectivity index (χ0) is 13.9. The highest BCUT2D eigenvalue weighted by atomic mass is 16.2. The standard InChI is InChI=1S/C18H19NO/c1-14-11-12-16-9-5-6-10-17(16)19(18(14)20)13-15-7-3-2-4-8-15/h2-10,14H,11-13H2,1H3. The Bertz CT molecular complexity index is 606. The Labute approximate surface area is 120 Å². The molecule has 3 rings (SSSR count). The molecule has 1 amide bonds. The number of hydrogen-bond acceptors (Lipinski definition) is 1. The van der Waals surface area contributed by atoms with Gasteiger partial charge in [0.15, 0.2) is 0 Å². The molecular weight excluding hydrogens is 246 g/mol. The van der Waals surface area contributed by atoms with Crippen LogP contribution in [0, 0.1) is 5.92 Å². The van der Waals surface area contributed by atoms with E-state index in [9.17, 15) is 4.79 Å². The Balaban J connectivity index is 1.99. The molecule has 1 atom stereocenters. The SMILES string of the molecule is CC1CCc2ccccc2N(Cc2ccccc2)C1=O. The van der Waals surface area contributed by atoms with Crippen LogP contribution in [-0.4, -0.2) is 5.91 Å². The minimum Gasteiger partial charge on any atom is -0.308 e. The molecule has 0 saturated heterocycles. The summed E-state index contributed by atoms with van der Waals surface area (Å²) in [5, 5.41) is 0. The summed E-state index contributed by atoms with van der Waals surface area (Å²) in [6.45, 7) is 2.69. The number of rotatable bonds is 2. The van der Waals surface area contributed by atoms with Crippen molar-refractivity contribution in [3.8, 4) is 0 Å². The van der Waals surface area contributed by atoms with Gasteiger partial charge in [0.1, 0.15) is 0 Å². The van der Waals surface area contributed by atoms with Gasteiger partial charge in [-0.1, -0.05) is 55.5 Å². The quantitative estimate of drug-likeness (QED) is 0.808. The summed E-state index contributed by atoms with van der Waals surface area (Å²) in [5.74, 6) is 0.324. The maximum Gasteiger partial charge on any atom is 0.230 e. The Morgan fingerprint density at radius 2 is 1.75 bits per heavy atom. The molecule has 1 aliphatic rings. The van der Waals surface area contributed by atoms with Crippen molar-refractivity contribution in [1.29, 1.82) is 0 Å². The number of benzene rings is 2. The third kappa shape index (κ3) is 2.46. The van der Waals surface area contributed by atoms with Gasteiger partial charge in [-0.15, -0.1) is 0 Å². The fraction of sp³-hybridized carbons (Fsp3) is 0.278. The molecule has 102 valence electrons. The minimum atomic E-state index is 0.0890. The molecule has 0 fully saturated rings. The first-order chi connectivity index (χ1) is 9.75. The molecule has 1 aliphatic heterocycles. The Morgan fingerprint density at radius 3 is 2.55 bits per heavy atom. The predicted octanol–water partition coefficient (Wildman–Crippen LogP) is 3.80. The topological polar surface area (TPSA) is 20.3 Å². The van der Waals surface area contributed by atoms with Crippen LogP contribution in [0.4, 0.5) is 5.69 Å². The largest absolute Gasteiger partial charge is 0.308 e. The van der Waals surface area contributed by atoms with Crippen LogP contribution in [0.25, 0.3) is 0 Å². The van der Waals surface area contributed by atoms with E-state index in [2.05, 4.69) is 30.3 Å². The van der Waals surface area contributed by atoms with Crippen molar-refractivity contribution in [2.45, 2.75) is 26.3 Å². The Morgan fingerprint density at radius 1 is 1.05 bits per heavy atom. The maximum absolute atomic E-state index is 12.6. The molecule has 0 aliphatic carbocycles. The van der Waals surface area contributed by atoms with Crippen molar-refractivity contribution in [3.63, 3.8) is 0 Å². The normalized spacial score (nSPS) is 18.6. The van der Waals surface area contributed by atoms with Gasteiger partial charge in [-0.25, -0.2) is 0 Å². The lowest BCUT2D eigenvalue weighted by Gasteiger charge is -2.25. The van der Waals surface area contributed by atoms with Crippen molar-refractivity contribution in [2.24, 2.45) is 5.92 Å². The van der Waals surface area contributed by atoms with E-state index in [0.717, 1.165) is 18.5 Å². The van der Waals surface area contributed by atoms with Gasteiger partial charge in [-0.2, -0.15) is 0 Å². The lowest BCUT2D eigenvalue weighted by atomic mass is 10.0. The summed E-state index contributed by atoms with van der Waals surface area (Å²) in [6, 6.07) is 18.5. The molecule has 0 saturated carbocycles. The first kappa shape index (κ1) is 12.9. The molecule has 0 aromatic heterocycles. The number of anilines is 1. The first-order valence-corrected chi connectivity index (χ1v) is 7.19. The van der Waals surface area contributed by atoms with E-state index < -0.39 is 0 Å². The molecule has 2 nitrogen and oxygen atoms in total. The van der Waals surface area contributed by atoms with Crippen molar-refractivity contribution in [1.82, 2.24) is 0 Å². The summed E-state index contributed by atoms with van der Waals surface area (Å²) in [5.41, 5.74) is 3.52. The molecule has 1 unspecified atom stereocenters. The zero-order valence-corrected chi connectivity index (χ0v) is 11.8. The number of nitrogens with zero attached hydrogens (tertiary/aromatic N) is 1. The molecule has 20 heavy (non-hydrogen) atoms.